The summed E-state index contributed by atoms with van der Waals surface area (Å²) in [5, 5.41) is 0. The van der Waals surface area contributed by atoms with Crippen molar-refractivity contribution in [2.75, 3.05) is 13.2 Å². The van der Waals surface area contributed by atoms with Crippen molar-refractivity contribution in [3.05, 3.63) is 85.1 Å². The molecule has 1 unspecified atom stereocenters. The summed E-state index contributed by atoms with van der Waals surface area (Å²) in [6, 6.07) is 0. The molecule has 77 heavy (non-hydrogen) atoms. The third-order valence-electron chi connectivity index (χ3n) is 14.4. The van der Waals surface area contributed by atoms with E-state index in [1.165, 1.54) is 180 Å². The first-order valence-electron chi connectivity index (χ1n) is 33.1. The zero-order chi connectivity index (χ0) is 55.7. The molecule has 0 saturated heterocycles. The Balaban J connectivity index is 4.30. The van der Waals surface area contributed by atoms with Gasteiger partial charge in [0.05, 0.1) is 0 Å². The molecular weight excluding hydrogens is 949 g/mol. The first-order valence-corrected chi connectivity index (χ1v) is 33.1. The van der Waals surface area contributed by atoms with Crippen molar-refractivity contribution in [2.24, 2.45) is 0 Å². The predicted molar refractivity (Wildman–Crippen MR) is 334 cm³/mol. The van der Waals surface area contributed by atoms with Crippen LogP contribution in [-0.4, -0.2) is 37.2 Å². The van der Waals surface area contributed by atoms with Crippen molar-refractivity contribution in [1.29, 1.82) is 0 Å². The van der Waals surface area contributed by atoms with Gasteiger partial charge in [-0.3, -0.25) is 14.4 Å². The van der Waals surface area contributed by atoms with Gasteiger partial charge in [-0.05, 0) is 96.3 Å². The average Bonchev–Trinajstić information content (AvgIpc) is 3.43. The Kier molecular flexibility index (Phi) is 62.2. The van der Waals surface area contributed by atoms with Gasteiger partial charge in [-0.15, -0.1) is 0 Å². The van der Waals surface area contributed by atoms with Gasteiger partial charge in [0.1, 0.15) is 13.2 Å². The Morgan fingerprint density at radius 1 is 0.273 bits per heavy atom. The highest BCUT2D eigenvalue weighted by Crippen LogP contribution is 2.17. The highest BCUT2D eigenvalue weighted by atomic mass is 16.6. The van der Waals surface area contributed by atoms with E-state index in [0.717, 1.165) is 109 Å². The Labute approximate surface area is 477 Å². The summed E-state index contributed by atoms with van der Waals surface area (Å²) in [5.41, 5.74) is 0. The van der Waals surface area contributed by atoms with Gasteiger partial charge in [0.15, 0.2) is 6.10 Å². The van der Waals surface area contributed by atoms with Crippen molar-refractivity contribution >= 4 is 17.9 Å². The van der Waals surface area contributed by atoms with Crippen molar-refractivity contribution in [1.82, 2.24) is 0 Å². The number of hydrogen-bond acceptors (Lipinski definition) is 6. The van der Waals surface area contributed by atoms with Crippen molar-refractivity contribution in [3.63, 3.8) is 0 Å². The van der Waals surface area contributed by atoms with Crippen LogP contribution in [0.2, 0.25) is 0 Å². The lowest BCUT2D eigenvalue weighted by Crippen LogP contribution is -2.30. The van der Waals surface area contributed by atoms with E-state index in [0.29, 0.717) is 19.3 Å². The molecule has 6 nitrogen and oxygen atoms in total. The van der Waals surface area contributed by atoms with Gasteiger partial charge < -0.3 is 14.2 Å². The maximum Gasteiger partial charge on any atom is 0.306 e. The molecule has 0 amide bonds. The number of unbranched alkanes of at least 4 members (excludes halogenated alkanes) is 35. The molecule has 0 rings (SSSR count). The monoisotopic (exact) mass is 1070 g/mol. The molecule has 0 aliphatic carbocycles. The number of esters is 3. The lowest BCUT2D eigenvalue weighted by atomic mass is 10.0. The van der Waals surface area contributed by atoms with Crippen LogP contribution in [0.4, 0.5) is 0 Å². The molecule has 0 fully saturated rings. The van der Waals surface area contributed by atoms with E-state index in [2.05, 4.69) is 106 Å². The van der Waals surface area contributed by atoms with Crippen LogP contribution in [0.25, 0.3) is 0 Å². The van der Waals surface area contributed by atoms with Gasteiger partial charge >= 0.3 is 17.9 Å². The van der Waals surface area contributed by atoms with E-state index in [1.807, 2.05) is 0 Å². The molecular formula is C71H124O6. The molecule has 0 aromatic rings. The van der Waals surface area contributed by atoms with Gasteiger partial charge in [-0.1, -0.05) is 298 Å². The summed E-state index contributed by atoms with van der Waals surface area (Å²) in [6.45, 7) is 6.54. The van der Waals surface area contributed by atoms with Crippen LogP contribution >= 0.6 is 0 Å². The molecule has 0 aliphatic heterocycles. The van der Waals surface area contributed by atoms with Gasteiger partial charge in [0.25, 0.3) is 0 Å². The molecule has 0 heterocycles. The second-order valence-corrected chi connectivity index (χ2v) is 22.0. The van der Waals surface area contributed by atoms with Crippen LogP contribution in [0.5, 0.6) is 0 Å². The average molecular weight is 1070 g/mol. The minimum absolute atomic E-state index is 0.0785. The van der Waals surface area contributed by atoms with E-state index >= 15 is 0 Å². The van der Waals surface area contributed by atoms with Gasteiger partial charge in [0.2, 0.25) is 0 Å². The third-order valence-corrected chi connectivity index (χ3v) is 14.4. The van der Waals surface area contributed by atoms with Gasteiger partial charge in [0, 0.05) is 19.3 Å². The number of allylic oxidation sites excluding steroid dienone is 14. The normalized spacial score (nSPS) is 12.6. The molecule has 0 N–H and O–H groups in total. The van der Waals surface area contributed by atoms with E-state index in [9.17, 15) is 14.4 Å². The zero-order valence-corrected chi connectivity index (χ0v) is 51.0. The summed E-state index contributed by atoms with van der Waals surface area (Å²) in [5.74, 6) is -0.881. The fourth-order valence-electron chi connectivity index (χ4n) is 9.44. The topological polar surface area (TPSA) is 78.9 Å². The SMILES string of the molecule is CC/C=C\C/C=C\C/C=C\C/C=C\C/C=C\C/C=C\CCCCCCCCC(=O)OCC(COC(=O)CCCCCCCCCCCCC)OC(=O)CCCCCCCCCCCCC/C=C\CCCCCCCCCC. The van der Waals surface area contributed by atoms with E-state index < -0.39 is 6.10 Å². The highest BCUT2D eigenvalue weighted by molar-refractivity contribution is 5.71. The fraction of sp³-hybridized carbons (Fsp3) is 0.761. The van der Waals surface area contributed by atoms with Crippen LogP contribution in [0.1, 0.15) is 329 Å². The molecule has 0 spiro atoms. The van der Waals surface area contributed by atoms with E-state index in [1.54, 1.807) is 0 Å². The Morgan fingerprint density at radius 3 is 0.805 bits per heavy atom. The van der Waals surface area contributed by atoms with E-state index in [4.69, 9.17) is 14.2 Å². The van der Waals surface area contributed by atoms with Crippen LogP contribution in [-0.2, 0) is 28.6 Å². The molecule has 0 aliphatic rings. The Hall–Kier alpha value is -3.41. The minimum atomic E-state index is -0.783. The molecule has 0 bridgehead atoms. The lowest BCUT2D eigenvalue weighted by molar-refractivity contribution is -0.167. The fourth-order valence-corrected chi connectivity index (χ4v) is 9.44. The van der Waals surface area contributed by atoms with Crippen molar-refractivity contribution in [3.8, 4) is 0 Å². The lowest BCUT2D eigenvalue weighted by Gasteiger charge is -2.18. The number of rotatable bonds is 60. The largest absolute Gasteiger partial charge is 0.462 e. The second-order valence-electron chi connectivity index (χ2n) is 22.0. The first-order chi connectivity index (χ1) is 38.0. The molecule has 444 valence electrons. The molecule has 6 heteroatoms. The second kappa shape index (κ2) is 65.1. The third kappa shape index (κ3) is 63.3. The summed E-state index contributed by atoms with van der Waals surface area (Å²) in [7, 11) is 0. The molecule has 0 aromatic carbocycles. The molecule has 1 atom stereocenters. The minimum Gasteiger partial charge on any atom is -0.462 e. The molecule has 0 saturated carbocycles. The summed E-state index contributed by atoms with van der Waals surface area (Å²) < 4.78 is 16.9. The smallest absolute Gasteiger partial charge is 0.306 e. The van der Waals surface area contributed by atoms with Crippen LogP contribution in [0.3, 0.4) is 0 Å². The highest BCUT2D eigenvalue weighted by Gasteiger charge is 2.19. The molecule has 0 radical (unpaired) electrons. The quantitative estimate of drug-likeness (QED) is 0.0261. The zero-order valence-electron chi connectivity index (χ0n) is 51.0. The van der Waals surface area contributed by atoms with Crippen LogP contribution < -0.4 is 0 Å². The van der Waals surface area contributed by atoms with E-state index in [-0.39, 0.29) is 31.1 Å². The number of ether oxygens (including phenoxy) is 3. The first kappa shape index (κ1) is 73.6. The maximum absolute atomic E-state index is 12.9. The number of hydrogen-bond donors (Lipinski definition) is 0. The van der Waals surface area contributed by atoms with Crippen LogP contribution in [0, 0.1) is 0 Å². The summed E-state index contributed by atoms with van der Waals surface area (Å²) >= 11 is 0. The molecule has 0 aromatic heterocycles. The summed E-state index contributed by atoms with van der Waals surface area (Å²) in [4.78, 5) is 38.3. The van der Waals surface area contributed by atoms with Crippen LogP contribution in [0.15, 0.2) is 85.1 Å². The van der Waals surface area contributed by atoms with Crippen molar-refractivity contribution < 1.29 is 28.6 Å². The maximum atomic E-state index is 12.9. The number of carbonyl (C=O) groups excluding carboxylic acids is 3. The predicted octanol–water partition coefficient (Wildman–Crippen LogP) is 22.7. The Morgan fingerprint density at radius 2 is 0.506 bits per heavy atom. The van der Waals surface area contributed by atoms with Gasteiger partial charge in [-0.25, -0.2) is 0 Å². The summed E-state index contributed by atoms with van der Waals surface area (Å²) in [6.07, 6.45) is 85.9. The number of carbonyl (C=O) groups is 3. The van der Waals surface area contributed by atoms with Crippen molar-refractivity contribution in [2.45, 2.75) is 335 Å². The Bertz CT molecular complexity index is 1470. The van der Waals surface area contributed by atoms with Gasteiger partial charge in [-0.2, -0.15) is 0 Å². The standard InChI is InChI=1S/C71H124O6/c1-4-7-10-13-16-19-22-24-26-28-30-32-34-35-37-38-40-42-44-46-49-52-55-58-61-64-70(73)76-67-68(66-75-69(72)63-60-57-54-51-48-21-18-15-12-9-6-3)77-71(74)65-62-59-56-53-50-47-45-43-41-39-36-33-31-29-27-25-23-20-17-14-11-8-5-2/h7,10,16,19,24,26,29-32,35,37,40,42,68H,4-6,8-9,11-15,17-18,20-23,25,27-28,33-34,36,38-39,41,43-67H2,1-3H3/b10-7-,19-16-,26-24-,31-29-,32-30-,37-35-,42-40-.